The molecule has 2 aromatic rings. The quantitative estimate of drug-likeness (QED) is 0.477. The zero-order valence-electron chi connectivity index (χ0n) is 21.9. The lowest BCUT2D eigenvalue weighted by atomic mass is 9.96. The summed E-state index contributed by atoms with van der Waals surface area (Å²) in [4.78, 5) is 27.8. The average Bonchev–Trinajstić information content (AvgIpc) is 3.38. The van der Waals surface area contributed by atoms with Crippen molar-refractivity contribution in [3.63, 3.8) is 0 Å². The number of rotatable bonds is 9. The van der Waals surface area contributed by atoms with Crippen molar-refractivity contribution >= 4 is 17.6 Å². The lowest BCUT2D eigenvalue weighted by Gasteiger charge is -2.32. The molecule has 1 atom stereocenters. The second-order valence-corrected chi connectivity index (χ2v) is 9.12. The van der Waals surface area contributed by atoms with Gasteiger partial charge in [-0.3, -0.25) is 14.5 Å². The Hall–Kier alpha value is -3.59. The number of esters is 1. The van der Waals surface area contributed by atoms with Crippen LogP contribution in [0.3, 0.4) is 0 Å². The van der Waals surface area contributed by atoms with Crippen molar-refractivity contribution in [2.75, 3.05) is 47.6 Å². The van der Waals surface area contributed by atoms with Gasteiger partial charge in [0.25, 0.3) is 5.91 Å². The predicted octanol–water partition coefficient (Wildman–Crippen LogP) is 3.67. The molecule has 1 fully saturated rings. The van der Waals surface area contributed by atoms with E-state index in [0.29, 0.717) is 56.2 Å². The average molecular weight is 510 g/mol. The minimum absolute atomic E-state index is 0.107. The van der Waals surface area contributed by atoms with Crippen molar-refractivity contribution in [1.29, 1.82) is 0 Å². The second-order valence-electron chi connectivity index (χ2n) is 9.12. The smallest absolute Gasteiger partial charge is 0.309 e. The Labute approximate surface area is 217 Å². The number of piperidine rings is 1. The normalized spacial score (nSPS) is 18.3. The summed E-state index contributed by atoms with van der Waals surface area (Å²) >= 11 is 0. The fraction of sp³-hybridized carbons (Fsp3) is 0.464. The first-order valence-electron chi connectivity index (χ1n) is 12.6. The molecule has 1 saturated heterocycles. The van der Waals surface area contributed by atoms with Gasteiger partial charge in [-0.05, 0) is 57.1 Å². The molecule has 0 unspecified atom stereocenters. The van der Waals surface area contributed by atoms with E-state index in [1.165, 1.54) is 0 Å². The van der Waals surface area contributed by atoms with Gasteiger partial charge in [-0.15, -0.1) is 0 Å². The first-order chi connectivity index (χ1) is 18.0. The fourth-order valence-corrected chi connectivity index (χ4v) is 4.97. The SMILES string of the molecule is CCOC(=O)C1CCN(CC(=O)N2N=C(c3ccccc3OC)C[C@H]2c2ccc(OC)cc2OC)CC1. The van der Waals surface area contributed by atoms with E-state index < -0.39 is 0 Å². The zero-order chi connectivity index (χ0) is 26.4. The van der Waals surface area contributed by atoms with Crippen LogP contribution in [-0.4, -0.2) is 75.1 Å². The number of hydrogen-bond acceptors (Lipinski definition) is 8. The summed E-state index contributed by atoms with van der Waals surface area (Å²) in [6.07, 6.45) is 1.87. The molecule has 2 heterocycles. The van der Waals surface area contributed by atoms with Crippen LogP contribution in [0, 0.1) is 5.92 Å². The van der Waals surface area contributed by atoms with E-state index in [1.807, 2.05) is 49.4 Å². The van der Waals surface area contributed by atoms with Crippen LogP contribution < -0.4 is 14.2 Å². The third kappa shape index (κ3) is 5.88. The molecular formula is C28H35N3O6. The maximum atomic E-state index is 13.7. The molecule has 0 N–H and O–H groups in total. The van der Waals surface area contributed by atoms with Crippen molar-refractivity contribution in [3.8, 4) is 17.2 Å². The van der Waals surface area contributed by atoms with Crippen molar-refractivity contribution in [1.82, 2.24) is 9.91 Å². The maximum absolute atomic E-state index is 13.7. The summed E-state index contributed by atoms with van der Waals surface area (Å²) in [5, 5.41) is 6.38. The Morgan fingerprint density at radius 1 is 0.973 bits per heavy atom. The highest BCUT2D eigenvalue weighted by molar-refractivity contribution is 6.05. The van der Waals surface area contributed by atoms with Gasteiger partial charge in [0, 0.05) is 23.6 Å². The van der Waals surface area contributed by atoms with Crippen LogP contribution in [0.25, 0.3) is 0 Å². The van der Waals surface area contributed by atoms with Crippen LogP contribution >= 0.6 is 0 Å². The largest absolute Gasteiger partial charge is 0.497 e. The molecule has 0 spiro atoms. The van der Waals surface area contributed by atoms with Crippen LogP contribution in [0.1, 0.15) is 43.4 Å². The highest BCUT2D eigenvalue weighted by Crippen LogP contribution is 2.40. The number of carbonyl (C=O) groups is 2. The van der Waals surface area contributed by atoms with Gasteiger partial charge in [-0.1, -0.05) is 12.1 Å². The van der Waals surface area contributed by atoms with E-state index in [0.717, 1.165) is 16.8 Å². The number of nitrogens with zero attached hydrogens (tertiary/aromatic N) is 3. The highest BCUT2D eigenvalue weighted by atomic mass is 16.5. The molecule has 2 aliphatic heterocycles. The van der Waals surface area contributed by atoms with Crippen molar-refractivity contribution in [3.05, 3.63) is 53.6 Å². The third-order valence-corrected chi connectivity index (χ3v) is 6.95. The number of hydrazone groups is 1. The second kappa shape index (κ2) is 12.1. The summed E-state index contributed by atoms with van der Waals surface area (Å²) in [6, 6.07) is 12.9. The Morgan fingerprint density at radius 2 is 1.70 bits per heavy atom. The monoisotopic (exact) mass is 509 g/mol. The first-order valence-corrected chi connectivity index (χ1v) is 12.6. The predicted molar refractivity (Wildman–Crippen MR) is 139 cm³/mol. The lowest BCUT2D eigenvalue weighted by molar-refractivity contribution is -0.149. The Balaban J connectivity index is 1.58. The summed E-state index contributed by atoms with van der Waals surface area (Å²) in [7, 11) is 4.84. The van der Waals surface area contributed by atoms with Crippen LogP contribution in [0.5, 0.6) is 17.2 Å². The summed E-state index contributed by atoms with van der Waals surface area (Å²) < 4.78 is 21.8. The molecule has 2 aromatic carbocycles. The molecule has 37 heavy (non-hydrogen) atoms. The van der Waals surface area contributed by atoms with Gasteiger partial charge in [0.05, 0.1) is 52.2 Å². The molecule has 0 aromatic heterocycles. The molecule has 198 valence electrons. The minimum atomic E-state index is -0.342. The van der Waals surface area contributed by atoms with Crippen LogP contribution in [0.15, 0.2) is 47.6 Å². The number of likely N-dealkylation sites (tertiary alicyclic amines) is 1. The van der Waals surface area contributed by atoms with Crippen molar-refractivity contribution < 1.29 is 28.5 Å². The van der Waals surface area contributed by atoms with Crippen molar-refractivity contribution in [2.45, 2.75) is 32.2 Å². The highest BCUT2D eigenvalue weighted by Gasteiger charge is 2.37. The van der Waals surface area contributed by atoms with Gasteiger partial charge >= 0.3 is 5.97 Å². The molecule has 2 aliphatic rings. The van der Waals surface area contributed by atoms with Crippen LogP contribution in [0.4, 0.5) is 0 Å². The van der Waals surface area contributed by atoms with Gasteiger partial charge in [0.15, 0.2) is 0 Å². The summed E-state index contributed by atoms with van der Waals surface area (Å²) in [5.41, 5.74) is 2.48. The Bertz CT molecular complexity index is 1140. The standard InChI is InChI=1S/C28H35N3O6/c1-5-37-28(33)19-12-14-30(15-13-19)18-27(32)31-24(22-11-10-20(34-2)16-26(22)36-4)17-23(29-31)21-8-6-7-9-25(21)35-3/h6-11,16,19,24H,5,12-15,17-18H2,1-4H3/t24-/m0/s1. The van der Waals surface area contributed by atoms with Crippen LogP contribution in [-0.2, 0) is 14.3 Å². The van der Waals surface area contributed by atoms with Gasteiger partial charge in [-0.2, -0.15) is 5.10 Å². The molecule has 0 saturated carbocycles. The third-order valence-electron chi connectivity index (χ3n) is 6.95. The maximum Gasteiger partial charge on any atom is 0.309 e. The number of hydrogen-bond donors (Lipinski definition) is 0. The van der Waals surface area contributed by atoms with Gasteiger partial charge in [-0.25, -0.2) is 5.01 Å². The number of benzene rings is 2. The molecule has 0 bridgehead atoms. The Kier molecular flexibility index (Phi) is 8.66. The first kappa shape index (κ1) is 26.5. The zero-order valence-corrected chi connectivity index (χ0v) is 21.9. The van der Waals surface area contributed by atoms with E-state index >= 15 is 0 Å². The van der Waals surface area contributed by atoms with E-state index in [-0.39, 0.29) is 30.4 Å². The molecule has 1 amide bonds. The molecule has 9 nitrogen and oxygen atoms in total. The molecule has 0 aliphatic carbocycles. The number of amides is 1. The number of methoxy groups -OCH3 is 3. The summed E-state index contributed by atoms with van der Waals surface area (Å²) in [5.74, 6) is 1.65. The summed E-state index contributed by atoms with van der Waals surface area (Å²) in [6.45, 7) is 3.73. The number of carbonyl (C=O) groups excluding carboxylic acids is 2. The molecule has 4 rings (SSSR count). The van der Waals surface area contributed by atoms with E-state index in [9.17, 15) is 9.59 Å². The van der Waals surface area contributed by atoms with Gasteiger partial charge in [0.1, 0.15) is 17.2 Å². The Morgan fingerprint density at radius 3 is 2.38 bits per heavy atom. The van der Waals surface area contributed by atoms with E-state index in [4.69, 9.17) is 24.0 Å². The molecular weight excluding hydrogens is 474 g/mol. The minimum Gasteiger partial charge on any atom is -0.497 e. The van der Waals surface area contributed by atoms with Crippen molar-refractivity contribution in [2.24, 2.45) is 11.0 Å². The lowest BCUT2D eigenvalue weighted by Crippen LogP contribution is -2.43. The van der Waals surface area contributed by atoms with Gasteiger partial charge in [0.2, 0.25) is 0 Å². The number of para-hydroxylation sites is 1. The topological polar surface area (TPSA) is 89.9 Å². The van der Waals surface area contributed by atoms with Crippen LogP contribution in [0.2, 0.25) is 0 Å². The number of ether oxygens (including phenoxy) is 4. The molecule has 9 heteroatoms. The van der Waals surface area contributed by atoms with E-state index in [2.05, 4.69) is 4.90 Å². The van der Waals surface area contributed by atoms with Gasteiger partial charge < -0.3 is 18.9 Å². The fourth-order valence-electron chi connectivity index (χ4n) is 4.97. The van der Waals surface area contributed by atoms with E-state index in [1.54, 1.807) is 26.3 Å². The molecule has 0 radical (unpaired) electrons.